The first-order valence-electron chi connectivity index (χ1n) is 12.9. The molecule has 0 aliphatic carbocycles. The maximum Gasteiger partial charge on any atom is 0.419 e. The third kappa shape index (κ3) is 6.13. The molecule has 1 N–H and O–H groups in total. The number of methoxy groups -OCH3 is 1. The number of anilines is 2. The van der Waals surface area contributed by atoms with Gasteiger partial charge in [-0.1, -0.05) is 35.9 Å². The number of halogens is 4. The zero-order valence-corrected chi connectivity index (χ0v) is 24.7. The summed E-state index contributed by atoms with van der Waals surface area (Å²) in [6.07, 6.45) is -4.50. The number of para-hydroxylation sites is 1. The number of rotatable bonds is 8. The van der Waals surface area contributed by atoms with Crippen molar-refractivity contribution in [1.82, 2.24) is 9.78 Å². The van der Waals surface area contributed by atoms with E-state index in [1.807, 2.05) is 0 Å². The molecule has 5 rings (SSSR count). The summed E-state index contributed by atoms with van der Waals surface area (Å²) >= 11 is 6.16. The van der Waals surface area contributed by atoms with Crippen LogP contribution in [0.15, 0.2) is 71.6 Å². The number of hydrogen-bond acceptors (Lipinski definition) is 6. The van der Waals surface area contributed by atoms with Crippen LogP contribution in [0.3, 0.4) is 0 Å². The average molecular weight is 635 g/mol. The van der Waals surface area contributed by atoms with Gasteiger partial charge >= 0.3 is 6.18 Å². The molecular formula is C29H26ClF3N4O5S. The molecule has 0 spiro atoms. The number of hydrogen-bond donors (Lipinski definition) is 1. The van der Waals surface area contributed by atoms with Crippen molar-refractivity contribution in [1.29, 1.82) is 0 Å². The molecule has 1 saturated heterocycles. The molecule has 1 aliphatic rings. The van der Waals surface area contributed by atoms with Gasteiger partial charge in [0, 0.05) is 31.6 Å². The second-order valence-corrected chi connectivity index (χ2v) is 11.9. The molecular weight excluding hydrogens is 609 g/mol. The summed E-state index contributed by atoms with van der Waals surface area (Å²) in [5, 5.41) is 4.01. The number of aryl methyl sites for hydroxylation is 2. The van der Waals surface area contributed by atoms with Gasteiger partial charge in [0.05, 0.1) is 24.1 Å². The zero-order valence-electron chi connectivity index (χ0n) is 23.1. The number of nitrogens with one attached hydrogen (secondary N) is 1. The molecule has 1 fully saturated rings. The molecule has 1 aromatic heterocycles. The Labute approximate surface area is 250 Å². The van der Waals surface area contributed by atoms with Gasteiger partial charge in [-0.05, 0) is 55.0 Å². The largest absolute Gasteiger partial charge is 0.493 e. The minimum atomic E-state index is -4.62. The highest BCUT2D eigenvalue weighted by atomic mass is 35.5. The van der Waals surface area contributed by atoms with Gasteiger partial charge < -0.3 is 14.4 Å². The summed E-state index contributed by atoms with van der Waals surface area (Å²) in [5.41, 5.74) is 0.650. The van der Waals surface area contributed by atoms with Gasteiger partial charge in [0.2, 0.25) is 5.91 Å². The monoisotopic (exact) mass is 634 g/mol. The second kappa shape index (κ2) is 11.5. The van der Waals surface area contributed by atoms with E-state index in [1.54, 1.807) is 36.4 Å². The highest BCUT2D eigenvalue weighted by Crippen LogP contribution is 2.42. The predicted molar refractivity (Wildman–Crippen MR) is 154 cm³/mol. The first-order chi connectivity index (χ1) is 20.3. The summed E-state index contributed by atoms with van der Waals surface area (Å²) in [4.78, 5) is 14.5. The Kier molecular flexibility index (Phi) is 8.05. The standard InChI is InChI=1S/C29H26ClF3N4O5S/c1-17-27(28(30)36(2)34-17)43(39,40)35-20-7-6-8-21(15-20)37-16-19(14-26(37)38)18-11-12-24(41-3)25(13-18)42-23-10-5-4-9-22(23)29(31,32)33/h4-13,15,19,35H,14,16H2,1-3H3/t19-/m0/s1. The van der Waals surface area contributed by atoms with E-state index >= 15 is 0 Å². The Morgan fingerprint density at radius 1 is 1.02 bits per heavy atom. The Balaban J connectivity index is 1.38. The van der Waals surface area contributed by atoms with Crippen LogP contribution in [0.1, 0.15) is 29.2 Å². The Bertz CT molecular complexity index is 1810. The van der Waals surface area contributed by atoms with Crippen molar-refractivity contribution in [2.45, 2.75) is 30.3 Å². The first kappa shape index (κ1) is 30.2. The van der Waals surface area contributed by atoms with Gasteiger partial charge in [-0.15, -0.1) is 0 Å². The number of nitrogens with zero attached hydrogens (tertiary/aromatic N) is 3. The Hall–Kier alpha value is -4.23. The smallest absolute Gasteiger partial charge is 0.419 e. The molecule has 43 heavy (non-hydrogen) atoms. The highest BCUT2D eigenvalue weighted by Gasteiger charge is 2.35. The van der Waals surface area contributed by atoms with Gasteiger partial charge in [-0.25, -0.2) is 8.42 Å². The van der Waals surface area contributed by atoms with Crippen molar-refractivity contribution >= 4 is 38.9 Å². The van der Waals surface area contributed by atoms with Crippen LogP contribution < -0.4 is 19.1 Å². The van der Waals surface area contributed by atoms with E-state index in [2.05, 4.69) is 9.82 Å². The first-order valence-corrected chi connectivity index (χ1v) is 14.8. The van der Waals surface area contributed by atoms with E-state index in [0.29, 0.717) is 11.3 Å². The number of benzene rings is 3. The van der Waals surface area contributed by atoms with Crippen LogP contribution in [0, 0.1) is 6.92 Å². The lowest BCUT2D eigenvalue weighted by Gasteiger charge is -2.19. The number of carbonyl (C=O) groups excluding carboxylic acids is 1. The van der Waals surface area contributed by atoms with Gasteiger partial charge in [-0.3, -0.25) is 14.2 Å². The van der Waals surface area contributed by atoms with Gasteiger partial charge in [0.25, 0.3) is 10.0 Å². The van der Waals surface area contributed by atoms with Crippen LogP contribution in [-0.4, -0.2) is 37.8 Å². The summed E-state index contributed by atoms with van der Waals surface area (Å²) in [5.74, 6) is -0.613. The lowest BCUT2D eigenvalue weighted by atomic mass is 9.98. The summed E-state index contributed by atoms with van der Waals surface area (Å²) in [6.45, 7) is 1.78. The molecule has 0 unspecified atom stereocenters. The van der Waals surface area contributed by atoms with Crippen LogP contribution >= 0.6 is 11.6 Å². The molecule has 2 heterocycles. The molecule has 1 atom stereocenters. The lowest BCUT2D eigenvalue weighted by Crippen LogP contribution is -2.24. The second-order valence-electron chi connectivity index (χ2n) is 9.90. The third-order valence-corrected chi connectivity index (χ3v) is 9.05. The number of carbonyl (C=O) groups is 1. The van der Waals surface area contributed by atoms with E-state index in [9.17, 15) is 26.4 Å². The number of ether oxygens (including phenoxy) is 2. The van der Waals surface area contributed by atoms with E-state index in [-0.39, 0.29) is 63.5 Å². The van der Waals surface area contributed by atoms with Crippen LogP contribution in [0.5, 0.6) is 17.2 Å². The van der Waals surface area contributed by atoms with Gasteiger partial charge in [-0.2, -0.15) is 18.3 Å². The van der Waals surface area contributed by atoms with Crippen molar-refractivity contribution in [2.75, 3.05) is 23.3 Å². The van der Waals surface area contributed by atoms with Crippen LogP contribution in [0.4, 0.5) is 24.5 Å². The number of amides is 1. The minimum Gasteiger partial charge on any atom is -0.493 e. The lowest BCUT2D eigenvalue weighted by molar-refractivity contribution is -0.138. The van der Waals surface area contributed by atoms with Crippen LogP contribution in [0.2, 0.25) is 5.15 Å². The average Bonchev–Trinajstić information content (AvgIpc) is 3.46. The maximum absolute atomic E-state index is 13.5. The van der Waals surface area contributed by atoms with E-state index < -0.39 is 21.8 Å². The molecule has 1 amide bonds. The molecule has 3 aromatic carbocycles. The van der Waals surface area contributed by atoms with E-state index in [0.717, 1.165) is 6.07 Å². The fourth-order valence-electron chi connectivity index (χ4n) is 4.98. The normalized spacial score (nSPS) is 15.6. The maximum atomic E-state index is 13.5. The molecule has 0 radical (unpaired) electrons. The van der Waals surface area contributed by atoms with Crippen molar-refractivity contribution in [2.24, 2.45) is 7.05 Å². The summed E-state index contributed by atoms with van der Waals surface area (Å²) in [7, 11) is -1.17. The molecule has 9 nitrogen and oxygen atoms in total. The molecule has 1 aliphatic heterocycles. The molecule has 0 saturated carbocycles. The number of sulfonamides is 1. The van der Waals surface area contributed by atoms with E-state index in [4.69, 9.17) is 21.1 Å². The fourth-order valence-corrected chi connectivity index (χ4v) is 6.78. The number of alkyl halides is 3. The van der Waals surface area contributed by atoms with Gasteiger partial charge in [0.1, 0.15) is 15.8 Å². The number of aromatic nitrogens is 2. The predicted octanol–water partition coefficient (Wildman–Crippen LogP) is 6.52. The molecule has 14 heteroatoms. The zero-order chi connectivity index (χ0) is 31.1. The molecule has 4 aromatic rings. The summed E-state index contributed by atoms with van der Waals surface area (Å²) in [6, 6.07) is 16.1. The minimum absolute atomic E-state index is 0.0385. The van der Waals surface area contributed by atoms with Crippen molar-refractivity contribution in [3.8, 4) is 17.2 Å². The van der Waals surface area contributed by atoms with Gasteiger partial charge in [0.15, 0.2) is 11.5 Å². The topological polar surface area (TPSA) is 103 Å². The van der Waals surface area contributed by atoms with E-state index in [1.165, 1.54) is 54.9 Å². The Morgan fingerprint density at radius 2 is 1.77 bits per heavy atom. The van der Waals surface area contributed by atoms with Crippen LogP contribution in [0.25, 0.3) is 0 Å². The van der Waals surface area contributed by atoms with Crippen molar-refractivity contribution in [3.05, 3.63) is 88.7 Å². The Morgan fingerprint density at radius 3 is 2.44 bits per heavy atom. The highest BCUT2D eigenvalue weighted by molar-refractivity contribution is 7.92. The van der Waals surface area contributed by atoms with Crippen molar-refractivity contribution in [3.63, 3.8) is 0 Å². The molecule has 226 valence electrons. The third-order valence-electron chi connectivity index (χ3n) is 6.98. The fraction of sp³-hybridized carbons (Fsp3) is 0.241. The summed E-state index contributed by atoms with van der Waals surface area (Å²) < 4.78 is 81.5. The SMILES string of the molecule is COc1ccc([C@H]2CC(=O)N(c3cccc(NS(=O)(=O)c4c(C)nn(C)c4Cl)c3)C2)cc1Oc1ccccc1C(F)(F)F. The van der Waals surface area contributed by atoms with Crippen LogP contribution in [-0.2, 0) is 28.0 Å². The molecule has 0 bridgehead atoms. The van der Waals surface area contributed by atoms with Crippen molar-refractivity contribution < 1.29 is 35.9 Å². The quantitative estimate of drug-likeness (QED) is 0.237.